The average Bonchev–Trinajstić information content (AvgIpc) is 2.89. The fourth-order valence-corrected chi connectivity index (χ4v) is 4.85. The van der Waals surface area contributed by atoms with Crippen LogP contribution >= 0.6 is 12.4 Å². The molecule has 6 nitrogen and oxygen atoms in total. The van der Waals surface area contributed by atoms with E-state index in [1.807, 2.05) is 7.05 Å². The predicted octanol–water partition coefficient (Wildman–Crippen LogP) is 1.12. The minimum Gasteiger partial charge on any atom is -0.338 e. The first-order valence-corrected chi connectivity index (χ1v) is 10.0. The fourth-order valence-electron chi connectivity index (χ4n) is 3.53. The number of rotatable bonds is 6. The largest absolute Gasteiger partial charge is 0.338 e. The highest BCUT2D eigenvalue weighted by Crippen LogP contribution is 2.24. The lowest BCUT2D eigenvalue weighted by atomic mass is 9.88. The third-order valence-corrected chi connectivity index (χ3v) is 6.13. The van der Waals surface area contributed by atoms with Gasteiger partial charge < -0.3 is 10.2 Å². The molecule has 1 aliphatic heterocycles. The van der Waals surface area contributed by atoms with Gasteiger partial charge in [0.05, 0.1) is 0 Å². The summed E-state index contributed by atoms with van der Waals surface area (Å²) in [5.41, 5.74) is 0. The molecule has 1 atom stereocenters. The third kappa shape index (κ3) is 6.21. The van der Waals surface area contributed by atoms with Crippen molar-refractivity contribution in [1.29, 1.82) is 0 Å². The first kappa shape index (κ1) is 20.7. The number of hydrogen-bond donors (Lipinski definition) is 2. The Balaban J connectivity index is 0.00000264. The van der Waals surface area contributed by atoms with Crippen LogP contribution in [-0.4, -0.2) is 57.2 Å². The van der Waals surface area contributed by atoms with E-state index >= 15 is 0 Å². The van der Waals surface area contributed by atoms with E-state index in [1.54, 1.807) is 4.90 Å². The van der Waals surface area contributed by atoms with E-state index in [-0.39, 0.29) is 30.4 Å². The van der Waals surface area contributed by atoms with Crippen molar-refractivity contribution >= 4 is 28.3 Å². The van der Waals surface area contributed by atoms with E-state index in [2.05, 4.69) is 17.0 Å². The fraction of sp³-hybridized carbons (Fsp3) is 0.933. The molecule has 1 saturated carbocycles. The SMILES string of the molecule is CNCC1CCCN1C(=O)CS(=O)(=O)NC1CCC(C)CC1.Cl. The molecule has 2 aliphatic rings. The van der Waals surface area contributed by atoms with Crippen LogP contribution in [0.25, 0.3) is 0 Å². The summed E-state index contributed by atoms with van der Waals surface area (Å²) in [5, 5.41) is 3.07. The van der Waals surface area contributed by atoms with E-state index in [9.17, 15) is 13.2 Å². The van der Waals surface area contributed by atoms with Crippen molar-refractivity contribution in [3.63, 3.8) is 0 Å². The highest BCUT2D eigenvalue weighted by molar-refractivity contribution is 7.90. The van der Waals surface area contributed by atoms with E-state index in [0.29, 0.717) is 12.5 Å². The Hall–Kier alpha value is -0.370. The molecule has 8 heteroatoms. The molecule has 0 bridgehead atoms. The Kier molecular flexibility index (Phi) is 8.27. The number of hydrogen-bond acceptors (Lipinski definition) is 4. The normalized spacial score (nSPS) is 28.4. The van der Waals surface area contributed by atoms with Crippen LogP contribution in [0.15, 0.2) is 0 Å². The van der Waals surface area contributed by atoms with Crippen LogP contribution in [0.5, 0.6) is 0 Å². The summed E-state index contributed by atoms with van der Waals surface area (Å²) in [5.74, 6) is -0.0112. The van der Waals surface area contributed by atoms with E-state index in [0.717, 1.165) is 45.1 Å². The zero-order valence-corrected chi connectivity index (χ0v) is 15.7. The Bertz CT molecular complexity index is 478. The molecule has 2 N–H and O–H groups in total. The highest BCUT2D eigenvalue weighted by Gasteiger charge is 2.32. The van der Waals surface area contributed by atoms with Gasteiger partial charge in [0, 0.05) is 25.2 Å². The van der Waals surface area contributed by atoms with Crippen LogP contribution in [0.2, 0.25) is 0 Å². The molecule has 0 radical (unpaired) electrons. The third-order valence-electron chi connectivity index (χ3n) is 4.81. The Morgan fingerprint density at radius 3 is 2.43 bits per heavy atom. The van der Waals surface area contributed by atoms with Gasteiger partial charge in [0.2, 0.25) is 15.9 Å². The molecule has 1 heterocycles. The summed E-state index contributed by atoms with van der Waals surface area (Å²) in [6.07, 6.45) is 5.75. The van der Waals surface area contributed by atoms with Gasteiger partial charge in [-0.1, -0.05) is 6.92 Å². The molecule has 1 unspecified atom stereocenters. The summed E-state index contributed by atoms with van der Waals surface area (Å²) in [6.45, 7) is 3.59. The molecular weight excluding hydrogens is 338 g/mol. The van der Waals surface area contributed by atoms with Crippen LogP contribution in [0, 0.1) is 5.92 Å². The van der Waals surface area contributed by atoms with Crippen LogP contribution < -0.4 is 10.0 Å². The maximum Gasteiger partial charge on any atom is 0.239 e. The van der Waals surface area contributed by atoms with Crippen molar-refractivity contribution in [3.8, 4) is 0 Å². The standard InChI is InChI=1S/C15H29N3O3S.ClH/c1-12-5-7-13(8-6-12)17-22(20,21)11-15(19)18-9-3-4-14(18)10-16-2;/h12-14,16-17H,3-11H2,1-2H3;1H. The summed E-state index contributed by atoms with van der Waals surface area (Å²) < 4.78 is 27.2. The van der Waals surface area contributed by atoms with Gasteiger partial charge >= 0.3 is 0 Å². The molecule has 23 heavy (non-hydrogen) atoms. The second kappa shape index (κ2) is 9.20. The van der Waals surface area contributed by atoms with Gasteiger partial charge in [0.15, 0.2) is 0 Å². The molecule has 1 amide bonds. The lowest BCUT2D eigenvalue weighted by molar-refractivity contribution is -0.129. The number of likely N-dealkylation sites (tertiary alicyclic amines) is 1. The minimum atomic E-state index is -3.54. The smallest absolute Gasteiger partial charge is 0.239 e. The van der Waals surface area contributed by atoms with Crippen LogP contribution in [0.4, 0.5) is 0 Å². The number of amides is 1. The van der Waals surface area contributed by atoms with Gasteiger partial charge in [-0.25, -0.2) is 13.1 Å². The molecule has 0 aromatic carbocycles. The zero-order chi connectivity index (χ0) is 16.2. The summed E-state index contributed by atoms with van der Waals surface area (Å²) in [7, 11) is -1.68. The minimum absolute atomic E-state index is 0. The van der Waals surface area contributed by atoms with Gasteiger partial charge in [0.25, 0.3) is 0 Å². The summed E-state index contributed by atoms with van der Waals surface area (Å²) >= 11 is 0. The van der Waals surface area contributed by atoms with Gasteiger partial charge in [-0.05, 0) is 51.5 Å². The average molecular weight is 368 g/mol. The van der Waals surface area contributed by atoms with E-state index in [4.69, 9.17) is 0 Å². The van der Waals surface area contributed by atoms with Crippen molar-refractivity contribution in [3.05, 3.63) is 0 Å². The molecule has 1 aliphatic carbocycles. The van der Waals surface area contributed by atoms with Gasteiger partial charge in [0.1, 0.15) is 5.75 Å². The second-order valence-corrected chi connectivity index (χ2v) is 8.53. The topological polar surface area (TPSA) is 78.5 Å². The number of carbonyl (C=O) groups is 1. The maximum atomic E-state index is 12.3. The molecule has 136 valence electrons. The molecule has 0 aromatic heterocycles. The number of nitrogens with zero attached hydrogens (tertiary/aromatic N) is 1. The molecule has 0 aromatic rings. The van der Waals surface area contributed by atoms with Crippen molar-refractivity contribution in [2.24, 2.45) is 5.92 Å². The van der Waals surface area contributed by atoms with Gasteiger partial charge in [-0.2, -0.15) is 0 Å². The van der Waals surface area contributed by atoms with Crippen molar-refractivity contribution < 1.29 is 13.2 Å². The lowest BCUT2D eigenvalue weighted by Gasteiger charge is -2.28. The van der Waals surface area contributed by atoms with Crippen LogP contribution in [0.1, 0.15) is 45.4 Å². The zero-order valence-electron chi connectivity index (χ0n) is 14.1. The van der Waals surface area contributed by atoms with Crippen molar-refractivity contribution in [2.75, 3.05) is 25.9 Å². The summed E-state index contributed by atoms with van der Waals surface area (Å²) in [4.78, 5) is 14.0. The van der Waals surface area contributed by atoms with Gasteiger partial charge in [-0.3, -0.25) is 4.79 Å². The molecule has 2 rings (SSSR count). The Labute approximate surface area is 146 Å². The number of carbonyl (C=O) groups excluding carboxylic acids is 1. The first-order chi connectivity index (χ1) is 10.4. The second-order valence-electron chi connectivity index (χ2n) is 6.77. The van der Waals surface area contributed by atoms with Crippen molar-refractivity contribution in [1.82, 2.24) is 14.9 Å². The lowest BCUT2D eigenvalue weighted by Crippen LogP contribution is -2.46. The van der Waals surface area contributed by atoms with Crippen LogP contribution in [-0.2, 0) is 14.8 Å². The Morgan fingerprint density at radius 2 is 1.83 bits per heavy atom. The van der Waals surface area contributed by atoms with Crippen LogP contribution in [0.3, 0.4) is 0 Å². The highest BCUT2D eigenvalue weighted by atomic mass is 35.5. The number of likely N-dealkylation sites (N-methyl/N-ethyl adjacent to an activating group) is 1. The van der Waals surface area contributed by atoms with Crippen molar-refractivity contribution in [2.45, 2.75) is 57.5 Å². The Morgan fingerprint density at radius 1 is 1.17 bits per heavy atom. The predicted molar refractivity (Wildman–Crippen MR) is 94.3 cm³/mol. The van der Waals surface area contributed by atoms with E-state index < -0.39 is 15.8 Å². The number of nitrogens with one attached hydrogen (secondary N) is 2. The molecule has 2 fully saturated rings. The number of halogens is 1. The number of sulfonamides is 1. The monoisotopic (exact) mass is 367 g/mol. The maximum absolute atomic E-state index is 12.3. The van der Waals surface area contributed by atoms with Gasteiger partial charge in [-0.15, -0.1) is 12.4 Å². The summed E-state index contributed by atoms with van der Waals surface area (Å²) in [6, 6.07) is 0.129. The molecule has 1 saturated heterocycles. The molecule has 0 spiro atoms. The first-order valence-electron chi connectivity index (χ1n) is 8.35. The van der Waals surface area contributed by atoms with E-state index in [1.165, 1.54) is 0 Å². The quantitative estimate of drug-likeness (QED) is 0.737. The molecular formula is C15H30ClN3O3S.